The highest BCUT2D eigenvalue weighted by Gasteiger charge is 2.21. The van der Waals surface area contributed by atoms with Crippen LogP contribution >= 0.6 is 0 Å². The van der Waals surface area contributed by atoms with Crippen LogP contribution in [0.15, 0.2) is 36.4 Å². The van der Waals surface area contributed by atoms with E-state index in [2.05, 4.69) is 27.7 Å². The van der Waals surface area contributed by atoms with Crippen molar-refractivity contribution < 1.29 is 47.5 Å². The smallest absolute Gasteiger partial charge is 0.344 e. The molecule has 0 aliphatic carbocycles. The lowest BCUT2D eigenvalue weighted by Crippen LogP contribution is -2.15. The molecule has 0 aliphatic rings. The average molecular weight is 777 g/mol. The predicted octanol–water partition coefficient (Wildman–Crippen LogP) is 11.3. The Balaban J connectivity index is 2.03. The van der Waals surface area contributed by atoms with E-state index in [4.69, 9.17) is 37.9 Å². The number of rotatable bonds is 28. The van der Waals surface area contributed by atoms with Gasteiger partial charge in [-0.25, -0.2) is 9.59 Å². The lowest BCUT2D eigenvalue weighted by Gasteiger charge is -2.20. The van der Waals surface area contributed by atoms with Gasteiger partial charge in [0.25, 0.3) is 0 Å². The first kappa shape index (κ1) is 44.1. The predicted molar refractivity (Wildman–Crippen MR) is 223 cm³/mol. The van der Waals surface area contributed by atoms with E-state index in [1.807, 2.05) is 36.4 Å². The highest BCUT2D eigenvalue weighted by molar-refractivity contribution is 6.26. The van der Waals surface area contributed by atoms with Crippen LogP contribution in [0.2, 0.25) is 0 Å². The second-order valence-electron chi connectivity index (χ2n) is 13.9. The Bertz CT molecular complexity index is 1680. The van der Waals surface area contributed by atoms with Crippen LogP contribution in [0.1, 0.15) is 119 Å². The van der Waals surface area contributed by atoms with Crippen molar-refractivity contribution >= 4 is 44.3 Å². The Morgan fingerprint density at radius 2 is 0.589 bits per heavy atom. The van der Waals surface area contributed by atoms with Gasteiger partial charge in [0.2, 0.25) is 0 Å². The summed E-state index contributed by atoms with van der Waals surface area (Å²) in [5.74, 6) is 2.35. The minimum atomic E-state index is -0.458. The molecule has 0 atom stereocenters. The van der Waals surface area contributed by atoms with Gasteiger partial charge in [0.1, 0.15) is 0 Å². The molecule has 0 unspecified atom stereocenters. The van der Waals surface area contributed by atoms with Gasteiger partial charge in [0, 0.05) is 0 Å². The van der Waals surface area contributed by atoms with E-state index >= 15 is 0 Å². The van der Waals surface area contributed by atoms with E-state index in [0.717, 1.165) is 109 Å². The van der Waals surface area contributed by atoms with Gasteiger partial charge in [0.15, 0.2) is 47.7 Å². The number of hydrogen-bond donors (Lipinski definition) is 0. The van der Waals surface area contributed by atoms with E-state index < -0.39 is 11.9 Å². The molecule has 56 heavy (non-hydrogen) atoms. The number of esters is 2. The second kappa shape index (κ2) is 24.1. The maximum Gasteiger partial charge on any atom is 0.344 e. The Hall–Kier alpha value is -4.60. The number of fused-ring (bicyclic) bond motifs is 6. The van der Waals surface area contributed by atoms with Crippen LogP contribution in [-0.2, 0) is 19.1 Å². The SMILES string of the molecule is CCCCCOc1cc2c(cc1OCCCCC)c1cc(OCC(=O)OCC)c(OCCCCC)cc1c1cc(OCCCCC)c(OCC(=O)OCC)cc21. The zero-order valence-corrected chi connectivity index (χ0v) is 34.7. The van der Waals surface area contributed by atoms with Crippen LogP contribution in [0.3, 0.4) is 0 Å². The number of hydrogen-bond acceptors (Lipinski definition) is 10. The number of unbranched alkanes of at least 4 members (excludes halogenated alkanes) is 8. The van der Waals surface area contributed by atoms with E-state index in [-0.39, 0.29) is 26.4 Å². The summed E-state index contributed by atoms with van der Waals surface area (Å²) in [6, 6.07) is 12.0. The quantitative estimate of drug-likeness (QED) is 0.0314. The van der Waals surface area contributed by atoms with Crippen LogP contribution in [0.5, 0.6) is 34.5 Å². The minimum absolute atomic E-state index is 0.255. The van der Waals surface area contributed by atoms with Crippen molar-refractivity contribution in [2.75, 3.05) is 52.9 Å². The fourth-order valence-electron chi connectivity index (χ4n) is 6.51. The fourth-order valence-corrected chi connectivity index (χ4v) is 6.51. The standard InChI is InChI=1S/C46H64O10/c1-7-13-17-21-51-39-25-33-34(26-40(39)52-22-18-14-8-2)38-30-44(56-32-46(48)50-12-6)42(54-24-20-16-10-4)28-36(38)35-27-41(53-23-19-15-9-3)43(29-37(33)35)55-31-45(47)49-11-5/h25-30H,7-24,31-32H2,1-6H3. The number of carbonyl (C=O) groups is 2. The molecule has 0 aromatic heterocycles. The summed E-state index contributed by atoms with van der Waals surface area (Å²) in [4.78, 5) is 25.0. The molecule has 308 valence electrons. The van der Waals surface area contributed by atoms with Crippen molar-refractivity contribution in [1.29, 1.82) is 0 Å². The maximum absolute atomic E-state index is 12.5. The Labute approximate surface area is 333 Å². The maximum atomic E-state index is 12.5. The molecular weight excluding hydrogens is 712 g/mol. The molecule has 0 radical (unpaired) electrons. The zero-order valence-electron chi connectivity index (χ0n) is 34.7. The topological polar surface area (TPSA) is 108 Å². The monoisotopic (exact) mass is 776 g/mol. The summed E-state index contributed by atoms with van der Waals surface area (Å²) in [6.45, 7) is 14.3. The fraction of sp³-hybridized carbons (Fsp3) is 0.565. The van der Waals surface area contributed by atoms with Crippen LogP contribution in [0, 0.1) is 0 Å². The molecule has 0 aliphatic heterocycles. The zero-order chi connectivity index (χ0) is 40.1. The van der Waals surface area contributed by atoms with E-state index in [1.54, 1.807) is 13.8 Å². The van der Waals surface area contributed by atoms with Crippen molar-refractivity contribution in [1.82, 2.24) is 0 Å². The van der Waals surface area contributed by atoms with Gasteiger partial charge in [-0.1, -0.05) is 79.1 Å². The molecule has 4 aromatic carbocycles. The second-order valence-corrected chi connectivity index (χ2v) is 13.9. The van der Waals surface area contributed by atoms with Gasteiger partial charge < -0.3 is 37.9 Å². The molecule has 0 N–H and O–H groups in total. The van der Waals surface area contributed by atoms with Crippen molar-refractivity contribution in [3.05, 3.63) is 36.4 Å². The van der Waals surface area contributed by atoms with Gasteiger partial charge in [-0.15, -0.1) is 0 Å². The third-order valence-corrected chi connectivity index (χ3v) is 9.45. The molecule has 4 aromatic rings. The molecule has 4 rings (SSSR count). The van der Waals surface area contributed by atoms with Gasteiger partial charge in [-0.2, -0.15) is 0 Å². The number of ether oxygens (including phenoxy) is 8. The molecule has 0 saturated heterocycles. The first-order valence-corrected chi connectivity index (χ1v) is 21.0. The lowest BCUT2D eigenvalue weighted by atomic mass is 9.93. The summed E-state index contributed by atoms with van der Waals surface area (Å²) in [5, 5.41) is 5.33. The molecule has 0 saturated carbocycles. The van der Waals surface area contributed by atoms with Crippen LogP contribution in [-0.4, -0.2) is 64.8 Å². The number of benzene rings is 4. The average Bonchev–Trinajstić information content (AvgIpc) is 3.20. The molecule has 0 fully saturated rings. The molecule has 0 amide bonds. The molecule has 0 heterocycles. The first-order chi connectivity index (χ1) is 27.4. The normalized spacial score (nSPS) is 11.2. The van der Waals surface area contributed by atoms with E-state index in [0.29, 0.717) is 60.9 Å². The van der Waals surface area contributed by atoms with E-state index in [1.165, 1.54) is 0 Å². The summed E-state index contributed by atoms with van der Waals surface area (Å²) in [7, 11) is 0. The van der Waals surface area contributed by atoms with E-state index in [9.17, 15) is 9.59 Å². The van der Waals surface area contributed by atoms with Crippen molar-refractivity contribution in [2.24, 2.45) is 0 Å². The third-order valence-electron chi connectivity index (χ3n) is 9.45. The van der Waals surface area contributed by atoms with Gasteiger partial charge in [0.05, 0.1) is 39.6 Å². The van der Waals surface area contributed by atoms with Crippen LogP contribution in [0.25, 0.3) is 32.3 Å². The molecule has 10 nitrogen and oxygen atoms in total. The summed E-state index contributed by atoms with van der Waals surface area (Å²) in [6.07, 6.45) is 12.1. The van der Waals surface area contributed by atoms with Gasteiger partial charge in [-0.05, 0) is 108 Å². The number of carbonyl (C=O) groups excluding carboxylic acids is 2. The molecule has 0 spiro atoms. The summed E-state index contributed by atoms with van der Waals surface area (Å²) >= 11 is 0. The Morgan fingerprint density at radius 1 is 0.357 bits per heavy atom. The largest absolute Gasteiger partial charge is 0.490 e. The first-order valence-electron chi connectivity index (χ1n) is 21.0. The van der Waals surface area contributed by atoms with Crippen LogP contribution < -0.4 is 28.4 Å². The molecule has 10 heteroatoms. The Kier molecular flexibility index (Phi) is 19.0. The van der Waals surface area contributed by atoms with Crippen molar-refractivity contribution in [3.8, 4) is 34.5 Å². The van der Waals surface area contributed by atoms with Crippen molar-refractivity contribution in [3.63, 3.8) is 0 Å². The van der Waals surface area contributed by atoms with Crippen LogP contribution in [0.4, 0.5) is 0 Å². The van der Waals surface area contributed by atoms with Crippen molar-refractivity contribution in [2.45, 2.75) is 119 Å². The van der Waals surface area contributed by atoms with Gasteiger partial charge in [-0.3, -0.25) is 0 Å². The lowest BCUT2D eigenvalue weighted by molar-refractivity contribution is -0.146. The summed E-state index contributed by atoms with van der Waals surface area (Å²) < 4.78 is 48.4. The minimum Gasteiger partial charge on any atom is -0.490 e. The third kappa shape index (κ3) is 12.7. The van der Waals surface area contributed by atoms with Gasteiger partial charge >= 0.3 is 11.9 Å². The highest BCUT2D eigenvalue weighted by Crippen LogP contribution is 2.47. The highest BCUT2D eigenvalue weighted by atomic mass is 16.6. The molecule has 0 bridgehead atoms. The Morgan fingerprint density at radius 3 is 0.804 bits per heavy atom. The molecular formula is C46H64O10. The summed E-state index contributed by atoms with van der Waals surface area (Å²) in [5.41, 5.74) is 0.